The molecule has 5 nitrogen and oxygen atoms in total. The number of aromatic nitrogens is 2. The number of nitrogen functional groups attached to an aromatic ring is 2. The molecule has 1 saturated heterocycles. The Morgan fingerprint density at radius 2 is 2.00 bits per heavy atom. The Kier molecular flexibility index (Phi) is 2.49. The lowest BCUT2D eigenvalue weighted by Crippen LogP contribution is -2.20. The highest BCUT2D eigenvalue weighted by Gasteiger charge is 2.13. The predicted octanol–water partition coefficient (Wildman–Crippen LogP) is 0.237. The maximum atomic E-state index is 5.74. The molecule has 0 unspecified atom stereocenters. The van der Waals surface area contributed by atoms with Gasteiger partial charge in [-0.15, -0.1) is 0 Å². The number of rotatable bonds is 2. The zero-order chi connectivity index (χ0) is 9.97. The van der Waals surface area contributed by atoms with Gasteiger partial charge in [-0.25, -0.2) is 4.98 Å². The van der Waals surface area contributed by atoms with Crippen LogP contribution in [0.2, 0.25) is 0 Å². The third-order valence-corrected chi connectivity index (χ3v) is 2.51. The molecule has 0 radical (unpaired) electrons. The van der Waals surface area contributed by atoms with Gasteiger partial charge in [0.15, 0.2) is 0 Å². The Morgan fingerprint density at radius 3 is 2.64 bits per heavy atom. The van der Waals surface area contributed by atoms with Crippen LogP contribution in [0.4, 0.5) is 11.8 Å². The summed E-state index contributed by atoms with van der Waals surface area (Å²) in [6.45, 7) is 3.12. The molecule has 0 bridgehead atoms. The van der Waals surface area contributed by atoms with E-state index in [4.69, 9.17) is 11.5 Å². The molecule has 0 aliphatic carbocycles. The van der Waals surface area contributed by atoms with Gasteiger partial charge in [0.25, 0.3) is 0 Å². The summed E-state index contributed by atoms with van der Waals surface area (Å²) in [4.78, 5) is 10.2. The normalized spacial score (nSPS) is 17.4. The summed E-state index contributed by atoms with van der Waals surface area (Å²) in [5.41, 5.74) is 12.1. The molecule has 0 spiro atoms. The van der Waals surface area contributed by atoms with E-state index in [-0.39, 0.29) is 5.95 Å². The van der Waals surface area contributed by atoms with Crippen molar-refractivity contribution in [3.63, 3.8) is 0 Å². The van der Waals surface area contributed by atoms with Crippen LogP contribution in [-0.4, -0.2) is 28.0 Å². The third-order valence-electron chi connectivity index (χ3n) is 2.51. The number of hydrogen-bond acceptors (Lipinski definition) is 5. The van der Waals surface area contributed by atoms with Crippen LogP contribution in [0.15, 0.2) is 6.20 Å². The van der Waals surface area contributed by atoms with Crippen LogP contribution in [0.5, 0.6) is 0 Å². The maximum absolute atomic E-state index is 5.74. The highest BCUT2D eigenvalue weighted by molar-refractivity contribution is 5.41. The fourth-order valence-corrected chi connectivity index (χ4v) is 1.74. The minimum absolute atomic E-state index is 0.243. The molecule has 5 heteroatoms. The molecule has 4 N–H and O–H groups in total. The summed E-state index contributed by atoms with van der Waals surface area (Å²) in [6.07, 6.45) is 4.27. The fraction of sp³-hybridized carbons (Fsp3) is 0.556. The molecule has 0 amide bonds. The first-order valence-electron chi connectivity index (χ1n) is 4.85. The fourth-order valence-electron chi connectivity index (χ4n) is 1.74. The highest BCUT2D eigenvalue weighted by atomic mass is 15.1. The molecule has 1 aromatic rings. The average Bonchev–Trinajstić information content (AvgIpc) is 2.62. The van der Waals surface area contributed by atoms with Gasteiger partial charge in [-0.3, -0.25) is 4.90 Å². The molecule has 2 heterocycles. The molecular formula is C9H15N5. The van der Waals surface area contributed by atoms with Gasteiger partial charge in [-0.1, -0.05) is 0 Å². The lowest BCUT2D eigenvalue weighted by atomic mass is 10.3. The zero-order valence-corrected chi connectivity index (χ0v) is 8.11. The van der Waals surface area contributed by atoms with E-state index in [1.165, 1.54) is 12.8 Å². The van der Waals surface area contributed by atoms with Gasteiger partial charge in [0.05, 0.1) is 0 Å². The van der Waals surface area contributed by atoms with Gasteiger partial charge in [0, 0.05) is 18.3 Å². The van der Waals surface area contributed by atoms with Crippen LogP contribution in [0.3, 0.4) is 0 Å². The topological polar surface area (TPSA) is 81.1 Å². The summed E-state index contributed by atoms with van der Waals surface area (Å²) in [5.74, 6) is 0.747. The molecule has 76 valence electrons. The lowest BCUT2D eigenvalue weighted by molar-refractivity contribution is 0.331. The Bertz CT molecular complexity index is 319. The van der Waals surface area contributed by atoms with Crippen molar-refractivity contribution in [1.29, 1.82) is 0 Å². The Hall–Kier alpha value is -1.36. The SMILES string of the molecule is Nc1ncc(CN2CCCC2)c(N)n1. The summed E-state index contributed by atoms with van der Waals surface area (Å²) in [5, 5.41) is 0. The largest absolute Gasteiger partial charge is 0.383 e. The number of likely N-dealkylation sites (tertiary alicyclic amines) is 1. The van der Waals surface area contributed by atoms with E-state index in [1.54, 1.807) is 6.20 Å². The van der Waals surface area contributed by atoms with Crippen LogP contribution in [0.1, 0.15) is 18.4 Å². The molecule has 0 atom stereocenters. The molecule has 14 heavy (non-hydrogen) atoms. The van der Waals surface area contributed by atoms with Gasteiger partial charge in [-0.05, 0) is 25.9 Å². The van der Waals surface area contributed by atoms with Gasteiger partial charge >= 0.3 is 0 Å². The molecule has 0 saturated carbocycles. The summed E-state index contributed by atoms with van der Waals surface area (Å²) in [6, 6.07) is 0. The van der Waals surface area contributed by atoms with E-state index < -0.39 is 0 Å². The monoisotopic (exact) mass is 193 g/mol. The maximum Gasteiger partial charge on any atom is 0.221 e. The third kappa shape index (κ3) is 1.93. The van der Waals surface area contributed by atoms with E-state index in [0.717, 1.165) is 25.2 Å². The average molecular weight is 193 g/mol. The zero-order valence-electron chi connectivity index (χ0n) is 8.11. The molecule has 1 aliphatic rings. The molecular weight excluding hydrogens is 178 g/mol. The van der Waals surface area contributed by atoms with Crippen LogP contribution in [0, 0.1) is 0 Å². The van der Waals surface area contributed by atoms with Gasteiger partial charge in [0.2, 0.25) is 5.95 Å². The second-order valence-corrected chi connectivity index (χ2v) is 3.62. The molecule has 2 rings (SSSR count). The smallest absolute Gasteiger partial charge is 0.221 e. The van der Waals surface area contributed by atoms with Crippen molar-refractivity contribution < 1.29 is 0 Å². The van der Waals surface area contributed by atoms with Gasteiger partial charge in [0.1, 0.15) is 5.82 Å². The second-order valence-electron chi connectivity index (χ2n) is 3.62. The first-order valence-corrected chi connectivity index (χ1v) is 4.85. The van der Waals surface area contributed by atoms with Crippen LogP contribution < -0.4 is 11.5 Å². The minimum atomic E-state index is 0.243. The van der Waals surface area contributed by atoms with E-state index in [9.17, 15) is 0 Å². The van der Waals surface area contributed by atoms with E-state index >= 15 is 0 Å². The van der Waals surface area contributed by atoms with Crippen LogP contribution in [0.25, 0.3) is 0 Å². The summed E-state index contributed by atoms with van der Waals surface area (Å²) < 4.78 is 0. The van der Waals surface area contributed by atoms with Crippen molar-refractivity contribution >= 4 is 11.8 Å². The van der Waals surface area contributed by atoms with Crippen molar-refractivity contribution in [2.45, 2.75) is 19.4 Å². The second kappa shape index (κ2) is 3.79. The number of nitrogens with zero attached hydrogens (tertiary/aromatic N) is 3. The van der Waals surface area contributed by atoms with Crippen molar-refractivity contribution in [2.24, 2.45) is 0 Å². The van der Waals surface area contributed by atoms with E-state index in [2.05, 4.69) is 14.9 Å². The molecule has 1 fully saturated rings. The first-order chi connectivity index (χ1) is 6.75. The Morgan fingerprint density at radius 1 is 1.29 bits per heavy atom. The van der Waals surface area contributed by atoms with Crippen molar-refractivity contribution in [1.82, 2.24) is 14.9 Å². The highest BCUT2D eigenvalue weighted by Crippen LogP contribution is 2.15. The van der Waals surface area contributed by atoms with E-state index in [0.29, 0.717) is 5.82 Å². The Balaban J connectivity index is 2.08. The number of anilines is 2. The van der Waals surface area contributed by atoms with Crippen molar-refractivity contribution in [2.75, 3.05) is 24.6 Å². The molecule has 1 aromatic heterocycles. The summed E-state index contributed by atoms with van der Waals surface area (Å²) in [7, 11) is 0. The predicted molar refractivity (Wildman–Crippen MR) is 55.4 cm³/mol. The number of hydrogen-bond donors (Lipinski definition) is 2. The van der Waals surface area contributed by atoms with Gasteiger partial charge < -0.3 is 11.5 Å². The quantitative estimate of drug-likeness (QED) is 0.703. The molecule has 0 aromatic carbocycles. The summed E-state index contributed by atoms with van der Waals surface area (Å²) >= 11 is 0. The standard InChI is InChI=1S/C9H15N5/c10-8-7(5-12-9(11)13-8)6-14-3-1-2-4-14/h5H,1-4,6H2,(H4,10,11,12,13). The van der Waals surface area contributed by atoms with Crippen LogP contribution >= 0.6 is 0 Å². The molecule has 1 aliphatic heterocycles. The number of nitrogens with two attached hydrogens (primary N) is 2. The van der Waals surface area contributed by atoms with Crippen molar-refractivity contribution in [3.8, 4) is 0 Å². The van der Waals surface area contributed by atoms with E-state index in [1.807, 2.05) is 0 Å². The minimum Gasteiger partial charge on any atom is -0.383 e. The first kappa shape index (κ1) is 9.21. The lowest BCUT2D eigenvalue weighted by Gasteiger charge is -2.14. The van der Waals surface area contributed by atoms with Crippen LogP contribution in [-0.2, 0) is 6.54 Å². The Labute approximate surface area is 83.1 Å². The van der Waals surface area contributed by atoms with Crippen molar-refractivity contribution in [3.05, 3.63) is 11.8 Å². The van der Waals surface area contributed by atoms with Gasteiger partial charge in [-0.2, -0.15) is 4.98 Å².